The summed E-state index contributed by atoms with van der Waals surface area (Å²) >= 11 is 2.90. The molecule has 31 heavy (non-hydrogen) atoms. The van der Waals surface area contributed by atoms with E-state index in [1.807, 2.05) is 45.9 Å². The van der Waals surface area contributed by atoms with Crippen LogP contribution in [-0.2, 0) is 4.79 Å². The van der Waals surface area contributed by atoms with E-state index in [0.717, 1.165) is 44.1 Å². The van der Waals surface area contributed by atoms with Crippen molar-refractivity contribution >= 4 is 50.9 Å². The van der Waals surface area contributed by atoms with Crippen molar-refractivity contribution in [1.82, 2.24) is 9.58 Å². The standard InChI is InChI=1S/C22H23N5O2S2/c1-6-30-22-25-27-19(23)16(20(28)24-21(27)31-22)11-15-10-13(3)26(14(15)4)17-9-12(2)7-8-18(17)29-5/h7-11,23H,6H2,1-5H3/b16-11-,23-19?. The van der Waals surface area contributed by atoms with Crippen LogP contribution in [0.2, 0.25) is 0 Å². The van der Waals surface area contributed by atoms with Gasteiger partial charge in [0.2, 0.25) is 5.17 Å². The Morgan fingerprint density at radius 1 is 1.26 bits per heavy atom. The van der Waals surface area contributed by atoms with Crippen molar-refractivity contribution in [3.8, 4) is 11.4 Å². The first-order valence-electron chi connectivity index (χ1n) is 9.81. The molecular weight excluding hydrogens is 430 g/mol. The molecular formula is C22H23N5O2S2. The maximum Gasteiger partial charge on any atom is 0.283 e. The molecule has 1 amide bonds. The summed E-state index contributed by atoms with van der Waals surface area (Å²) in [6.45, 7) is 8.08. The Bertz CT molecular complexity index is 1190. The second kappa shape index (κ2) is 8.39. The molecule has 0 radical (unpaired) electrons. The molecule has 0 saturated carbocycles. The molecule has 7 nitrogen and oxygen atoms in total. The number of hydrogen-bond acceptors (Lipinski definition) is 6. The number of ether oxygens (including phenoxy) is 1. The third kappa shape index (κ3) is 3.83. The molecule has 160 valence electrons. The van der Waals surface area contributed by atoms with Crippen LogP contribution in [0.5, 0.6) is 5.75 Å². The van der Waals surface area contributed by atoms with Crippen LogP contribution in [0.3, 0.4) is 0 Å². The number of rotatable bonds is 4. The molecule has 0 spiro atoms. The minimum absolute atomic E-state index is 0.0483. The van der Waals surface area contributed by atoms with Gasteiger partial charge in [-0.25, -0.2) is 0 Å². The molecule has 4 rings (SSSR count). The quantitative estimate of drug-likeness (QED) is 0.676. The summed E-state index contributed by atoms with van der Waals surface area (Å²) in [5.74, 6) is 1.27. The Kier molecular flexibility index (Phi) is 5.81. The van der Waals surface area contributed by atoms with Crippen LogP contribution in [0.4, 0.5) is 0 Å². The summed E-state index contributed by atoms with van der Waals surface area (Å²) in [7, 11) is 1.66. The van der Waals surface area contributed by atoms with Gasteiger partial charge in [-0.05, 0) is 73.7 Å². The maximum atomic E-state index is 12.7. The van der Waals surface area contributed by atoms with E-state index in [1.54, 1.807) is 24.9 Å². The van der Waals surface area contributed by atoms with E-state index in [2.05, 4.69) is 20.7 Å². The molecule has 1 aromatic carbocycles. The molecule has 0 atom stereocenters. The number of methoxy groups -OCH3 is 1. The Morgan fingerprint density at radius 2 is 2.03 bits per heavy atom. The molecule has 1 aromatic heterocycles. The van der Waals surface area contributed by atoms with E-state index in [0.29, 0.717) is 5.17 Å². The van der Waals surface area contributed by atoms with E-state index in [-0.39, 0.29) is 11.4 Å². The van der Waals surface area contributed by atoms with E-state index >= 15 is 0 Å². The average Bonchev–Trinajstić information content (AvgIpc) is 3.25. The number of amides is 1. The lowest BCUT2D eigenvalue weighted by Gasteiger charge is -2.20. The largest absolute Gasteiger partial charge is 0.495 e. The SMILES string of the molecule is CCSC1=NN2C(=N)/C(=C/c3cc(C)n(-c4cc(C)ccc4OC)c3C)C(=O)N=C2S1. The monoisotopic (exact) mass is 453 g/mol. The third-order valence-electron chi connectivity index (χ3n) is 5.05. The molecule has 0 aliphatic carbocycles. The number of hydrazone groups is 1. The Balaban J connectivity index is 1.76. The molecule has 0 saturated heterocycles. The highest BCUT2D eigenvalue weighted by molar-refractivity contribution is 8.45. The number of aromatic nitrogens is 1. The van der Waals surface area contributed by atoms with Crippen LogP contribution < -0.4 is 4.74 Å². The van der Waals surface area contributed by atoms with Gasteiger partial charge in [-0.3, -0.25) is 10.2 Å². The Labute approximate surface area is 189 Å². The van der Waals surface area contributed by atoms with Gasteiger partial charge < -0.3 is 9.30 Å². The fourth-order valence-corrected chi connectivity index (χ4v) is 5.42. The van der Waals surface area contributed by atoms with Crippen LogP contribution >= 0.6 is 23.5 Å². The van der Waals surface area contributed by atoms with Gasteiger partial charge in [0.1, 0.15) is 5.75 Å². The number of aliphatic imine (C=N–C) groups is 1. The van der Waals surface area contributed by atoms with Gasteiger partial charge in [-0.15, -0.1) is 5.10 Å². The first-order chi connectivity index (χ1) is 14.8. The number of thioether (sulfide) groups is 2. The topological polar surface area (TPSA) is 83.0 Å². The number of benzene rings is 1. The van der Waals surface area contributed by atoms with Gasteiger partial charge in [-0.2, -0.15) is 10.0 Å². The summed E-state index contributed by atoms with van der Waals surface area (Å²) in [6.07, 6.45) is 1.73. The maximum absolute atomic E-state index is 12.7. The van der Waals surface area contributed by atoms with E-state index in [1.165, 1.54) is 16.8 Å². The molecule has 2 aliphatic heterocycles. The minimum atomic E-state index is -0.417. The number of carbonyl (C=O) groups is 1. The summed E-state index contributed by atoms with van der Waals surface area (Å²) in [4.78, 5) is 16.9. The lowest BCUT2D eigenvalue weighted by atomic mass is 10.1. The number of amidine groups is 2. The molecule has 3 heterocycles. The van der Waals surface area contributed by atoms with Crippen LogP contribution in [0.1, 0.15) is 29.4 Å². The van der Waals surface area contributed by atoms with Crippen molar-refractivity contribution in [3.63, 3.8) is 0 Å². The normalized spacial score (nSPS) is 17.2. The molecule has 0 fully saturated rings. The lowest BCUT2D eigenvalue weighted by Crippen LogP contribution is -2.35. The Hall–Kier alpha value is -2.78. The second-order valence-electron chi connectivity index (χ2n) is 7.16. The number of nitrogens with one attached hydrogen (secondary N) is 1. The molecule has 9 heteroatoms. The molecule has 0 bridgehead atoms. The summed E-state index contributed by atoms with van der Waals surface area (Å²) in [5.41, 5.74) is 5.10. The van der Waals surface area contributed by atoms with Crippen molar-refractivity contribution in [2.75, 3.05) is 12.9 Å². The zero-order valence-electron chi connectivity index (χ0n) is 18.0. The predicted octanol–water partition coefficient (Wildman–Crippen LogP) is 4.74. The van der Waals surface area contributed by atoms with Crippen molar-refractivity contribution in [3.05, 3.63) is 52.4 Å². The average molecular weight is 454 g/mol. The highest BCUT2D eigenvalue weighted by atomic mass is 32.2. The fraction of sp³-hybridized carbons (Fsp3) is 0.273. The molecule has 2 aromatic rings. The van der Waals surface area contributed by atoms with Crippen LogP contribution in [-0.4, -0.2) is 43.7 Å². The summed E-state index contributed by atoms with van der Waals surface area (Å²) in [6, 6.07) is 8.04. The van der Waals surface area contributed by atoms with Gasteiger partial charge in [0.25, 0.3) is 5.91 Å². The highest BCUT2D eigenvalue weighted by Crippen LogP contribution is 2.34. The third-order valence-corrected chi connectivity index (χ3v) is 6.97. The number of nitrogens with zero attached hydrogens (tertiary/aromatic N) is 4. The molecule has 0 unspecified atom stereocenters. The van der Waals surface area contributed by atoms with Crippen molar-refractivity contribution in [1.29, 1.82) is 5.41 Å². The van der Waals surface area contributed by atoms with Crippen molar-refractivity contribution in [2.24, 2.45) is 10.1 Å². The number of aryl methyl sites for hydroxylation is 2. The second-order valence-corrected chi connectivity index (χ2v) is 9.62. The van der Waals surface area contributed by atoms with Crippen LogP contribution in [0.15, 0.2) is 39.9 Å². The van der Waals surface area contributed by atoms with Gasteiger partial charge in [0.05, 0.1) is 18.4 Å². The number of hydrogen-bond donors (Lipinski definition) is 1. The first-order valence-corrected chi connectivity index (χ1v) is 11.6. The van der Waals surface area contributed by atoms with E-state index < -0.39 is 5.91 Å². The molecule has 2 aliphatic rings. The molecule has 1 N–H and O–H groups in total. The van der Waals surface area contributed by atoms with Gasteiger partial charge in [0.15, 0.2) is 10.2 Å². The first kappa shape index (κ1) is 21.5. The minimum Gasteiger partial charge on any atom is -0.495 e. The summed E-state index contributed by atoms with van der Waals surface area (Å²) in [5, 5.41) is 14.9. The van der Waals surface area contributed by atoms with E-state index in [4.69, 9.17) is 10.1 Å². The zero-order valence-corrected chi connectivity index (χ0v) is 19.6. The van der Waals surface area contributed by atoms with E-state index in [9.17, 15) is 4.79 Å². The van der Waals surface area contributed by atoms with Gasteiger partial charge in [-0.1, -0.05) is 24.8 Å². The lowest BCUT2D eigenvalue weighted by molar-refractivity contribution is -0.114. The van der Waals surface area contributed by atoms with Gasteiger partial charge in [0, 0.05) is 11.4 Å². The zero-order chi connectivity index (χ0) is 22.3. The van der Waals surface area contributed by atoms with Crippen molar-refractivity contribution in [2.45, 2.75) is 27.7 Å². The van der Waals surface area contributed by atoms with Gasteiger partial charge >= 0.3 is 0 Å². The van der Waals surface area contributed by atoms with Crippen LogP contribution in [0, 0.1) is 26.2 Å². The van der Waals surface area contributed by atoms with Crippen molar-refractivity contribution < 1.29 is 9.53 Å². The van der Waals surface area contributed by atoms with Crippen LogP contribution in [0.25, 0.3) is 11.8 Å². The number of carbonyl (C=O) groups excluding carboxylic acids is 1. The number of fused-ring (bicyclic) bond motifs is 1. The fourth-order valence-electron chi connectivity index (χ4n) is 3.59. The highest BCUT2D eigenvalue weighted by Gasteiger charge is 2.35. The smallest absolute Gasteiger partial charge is 0.283 e. The predicted molar refractivity (Wildman–Crippen MR) is 130 cm³/mol. The Morgan fingerprint density at radius 3 is 2.74 bits per heavy atom. The summed E-state index contributed by atoms with van der Waals surface area (Å²) < 4.78 is 8.46.